The van der Waals surface area contributed by atoms with Gasteiger partial charge in [-0.3, -0.25) is 9.78 Å². The van der Waals surface area contributed by atoms with Gasteiger partial charge >= 0.3 is 5.97 Å². The van der Waals surface area contributed by atoms with Crippen LogP contribution in [0.4, 0.5) is 0 Å². The summed E-state index contributed by atoms with van der Waals surface area (Å²) in [5.41, 5.74) is 1.67. The molecule has 0 radical (unpaired) electrons. The molecule has 1 N–H and O–H groups in total. The fraction of sp³-hybridized carbons (Fsp3) is 0.235. The zero-order valence-electron chi connectivity index (χ0n) is 12.4. The summed E-state index contributed by atoms with van der Waals surface area (Å²) >= 11 is 0. The highest BCUT2D eigenvalue weighted by Crippen LogP contribution is 2.17. The summed E-state index contributed by atoms with van der Waals surface area (Å²) in [7, 11) is 0. The molecule has 23 heavy (non-hydrogen) atoms. The van der Waals surface area contributed by atoms with E-state index in [0.717, 1.165) is 16.5 Å². The van der Waals surface area contributed by atoms with Gasteiger partial charge in [0.25, 0.3) is 0 Å². The highest BCUT2D eigenvalue weighted by atomic mass is 16.5. The van der Waals surface area contributed by atoms with Gasteiger partial charge in [-0.1, -0.05) is 24.3 Å². The van der Waals surface area contributed by atoms with Crippen LogP contribution in [-0.4, -0.2) is 52.7 Å². The molecule has 1 aromatic carbocycles. The van der Waals surface area contributed by atoms with Gasteiger partial charge in [-0.25, -0.2) is 4.79 Å². The Bertz CT molecular complexity index is 767. The number of para-hydroxylation sites is 1. The molecule has 1 aliphatic rings. The van der Waals surface area contributed by atoms with Gasteiger partial charge in [0.1, 0.15) is 0 Å². The van der Waals surface area contributed by atoms with Crippen molar-refractivity contribution in [2.75, 3.05) is 19.7 Å². The number of morpholine rings is 1. The highest BCUT2D eigenvalue weighted by molar-refractivity contribution is 5.95. The number of nitrogens with zero attached hydrogens (tertiary/aromatic N) is 2. The predicted molar refractivity (Wildman–Crippen MR) is 84.7 cm³/mol. The van der Waals surface area contributed by atoms with E-state index >= 15 is 0 Å². The van der Waals surface area contributed by atoms with Crippen molar-refractivity contribution in [1.29, 1.82) is 0 Å². The number of ether oxygens (including phenoxy) is 1. The molecule has 0 aliphatic carbocycles. The number of hydrogen-bond acceptors (Lipinski definition) is 4. The molecule has 0 saturated carbocycles. The number of amides is 1. The largest absolute Gasteiger partial charge is 0.479 e. The summed E-state index contributed by atoms with van der Waals surface area (Å²) in [4.78, 5) is 29.0. The van der Waals surface area contributed by atoms with Crippen LogP contribution in [0.2, 0.25) is 0 Å². The molecule has 6 heteroatoms. The molecule has 3 rings (SSSR count). The van der Waals surface area contributed by atoms with Gasteiger partial charge < -0.3 is 14.7 Å². The SMILES string of the molecule is O=C(O)C1CN(C(=O)/C=C/c2cccc3cccnc23)CCO1. The lowest BCUT2D eigenvalue weighted by Gasteiger charge is -2.30. The van der Waals surface area contributed by atoms with Crippen molar-refractivity contribution >= 4 is 28.9 Å². The quantitative estimate of drug-likeness (QED) is 0.870. The first-order chi connectivity index (χ1) is 11.1. The number of hydrogen-bond donors (Lipinski definition) is 1. The highest BCUT2D eigenvalue weighted by Gasteiger charge is 2.27. The van der Waals surface area contributed by atoms with E-state index in [2.05, 4.69) is 4.98 Å². The van der Waals surface area contributed by atoms with Gasteiger partial charge in [0.05, 0.1) is 18.7 Å². The molecule has 118 valence electrons. The zero-order valence-corrected chi connectivity index (χ0v) is 12.4. The Morgan fingerprint density at radius 2 is 2.13 bits per heavy atom. The molecule has 1 fully saturated rings. The van der Waals surface area contributed by atoms with Crippen LogP contribution < -0.4 is 0 Å². The Morgan fingerprint density at radius 3 is 2.96 bits per heavy atom. The third-order valence-electron chi connectivity index (χ3n) is 3.72. The normalized spacial score (nSPS) is 18.4. The van der Waals surface area contributed by atoms with Crippen LogP contribution in [0.5, 0.6) is 0 Å². The number of aliphatic carboxylic acids is 1. The van der Waals surface area contributed by atoms with E-state index in [0.29, 0.717) is 6.54 Å². The fourth-order valence-corrected chi connectivity index (χ4v) is 2.53. The van der Waals surface area contributed by atoms with Crippen LogP contribution in [0.1, 0.15) is 5.56 Å². The van der Waals surface area contributed by atoms with E-state index in [9.17, 15) is 9.59 Å². The molecule has 2 aromatic rings. The average molecular weight is 312 g/mol. The summed E-state index contributed by atoms with van der Waals surface area (Å²) < 4.78 is 5.11. The minimum Gasteiger partial charge on any atom is -0.479 e. The number of carbonyl (C=O) groups excluding carboxylic acids is 1. The first-order valence-electron chi connectivity index (χ1n) is 7.30. The maximum atomic E-state index is 12.2. The third kappa shape index (κ3) is 3.37. The number of fused-ring (bicyclic) bond motifs is 1. The van der Waals surface area contributed by atoms with E-state index in [1.54, 1.807) is 12.3 Å². The Morgan fingerprint density at radius 1 is 1.30 bits per heavy atom. The number of carboxylic acids is 1. The first-order valence-corrected chi connectivity index (χ1v) is 7.30. The smallest absolute Gasteiger partial charge is 0.334 e. The lowest BCUT2D eigenvalue weighted by molar-refractivity contribution is -0.158. The van der Waals surface area contributed by atoms with Crippen LogP contribution >= 0.6 is 0 Å². The van der Waals surface area contributed by atoms with Crippen molar-refractivity contribution in [1.82, 2.24) is 9.88 Å². The molecule has 1 atom stereocenters. The average Bonchev–Trinajstić information content (AvgIpc) is 2.59. The number of aromatic nitrogens is 1. The van der Waals surface area contributed by atoms with Crippen LogP contribution in [0.15, 0.2) is 42.6 Å². The maximum absolute atomic E-state index is 12.2. The van der Waals surface area contributed by atoms with Gasteiger partial charge in [0.15, 0.2) is 6.10 Å². The Balaban J connectivity index is 1.76. The molecule has 6 nitrogen and oxygen atoms in total. The number of pyridine rings is 1. The molecule has 1 aromatic heterocycles. The minimum absolute atomic E-state index is 0.0618. The van der Waals surface area contributed by atoms with Crippen LogP contribution in [0.25, 0.3) is 17.0 Å². The molecule has 1 amide bonds. The van der Waals surface area contributed by atoms with Crippen molar-refractivity contribution in [3.8, 4) is 0 Å². The van der Waals surface area contributed by atoms with Gasteiger partial charge in [-0.05, 0) is 12.1 Å². The van der Waals surface area contributed by atoms with E-state index in [-0.39, 0.29) is 19.1 Å². The summed E-state index contributed by atoms with van der Waals surface area (Å²) in [6, 6.07) is 9.57. The summed E-state index contributed by atoms with van der Waals surface area (Å²) in [5, 5.41) is 9.97. The number of carbonyl (C=O) groups is 2. The van der Waals surface area contributed by atoms with Crippen molar-refractivity contribution in [3.63, 3.8) is 0 Å². The standard InChI is InChI=1S/C17H16N2O4/c20-15(19-9-10-23-14(11-19)17(21)22)7-6-13-4-1-3-12-5-2-8-18-16(12)13/h1-8,14H,9-11H2,(H,21,22)/b7-6+. The van der Waals surface area contributed by atoms with E-state index in [4.69, 9.17) is 9.84 Å². The summed E-state index contributed by atoms with van der Waals surface area (Å²) in [6.45, 7) is 0.680. The summed E-state index contributed by atoms with van der Waals surface area (Å²) in [5.74, 6) is -1.28. The zero-order chi connectivity index (χ0) is 16.2. The predicted octanol–water partition coefficient (Wildman–Crippen LogP) is 1.56. The minimum atomic E-state index is -1.05. The number of rotatable bonds is 3. The molecule has 1 aliphatic heterocycles. The second-order valence-corrected chi connectivity index (χ2v) is 5.24. The van der Waals surface area contributed by atoms with Gasteiger partial charge in [-0.2, -0.15) is 0 Å². The lowest BCUT2D eigenvalue weighted by Crippen LogP contribution is -2.48. The van der Waals surface area contributed by atoms with E-state index < -0.39 is 12.1 Å². The molecule has 2 heterocycles. The second kappa shape index (κ2) is 6.58. The number of benzene rings is 1. The van der Waals surface area contributed by atoms with E-state index in [1.165, 1.54) is 11.0 Å². The van der Waals surface area contributed by atoms with Gasteiger partial charge in [0, 0.05) is 29.8 Å². The Kier molecular flexibility index (Phi) is 4.34. The summed E-state index contributed by atoms with van der Waals surface area (Å²) in [6.07, 6.45) is 3.91. The maximum Gasteiger partial charge on any atom is 0.334 e. The van der Waals surface area contributed by atoms with E-state index in [1.807, 2.05) is 30.3 Å². The number of carboxylic acid groups (broad SMARTS) is 1. The van der Waals surface area contributed by atoms with Crippen molar-refractivity contribution in [2.45, 2.75) is 6.10 Å². The second-order valence-electron chi connectivity index (χ2n) is 5.24. The van der Waals surface area contributed by atoms with Gasteiger partial charge in [0.2, 0.25) is 5.91 Å². The molecule has 0 bridgehead atoms. The fourth-order valence-electron chi connectivity index (χ4n) is 2.53. The molecule has 0 spiro atoms. The van der Waals surface area contributed by atoms with Crippen molar-refractivity contribution < 1.29 is 19.4 Å². The van der Waals surface area contributed by atoms with Gasteiger partial charge in [-0.15, -0.1) is 0 Å². The molecule has 1 unspecified atom stereocenters. The molecule has 1 saturated heterocycles. The monoisotopic (exact) mass is 312 g/mol. The Labute approximate surface area is 133 Å². The topological polar surface area (TPSA) is 79.7 Å². The van der Waals surface area contributed by atoms with Crippen LogP contribution in [0, 0.1) is 0 Å². The Hall–Kier alpha value is -2.73. The molecular formula is C17H16N2O4. The molecular weight excluding hydrogens is 296 g/mol. The third-order valence-corrected chi connectivity index (χ3v) is 3.72. The van der Waals surface area contributed by atoms with Crippen LogP contribution in [-0.2, 0) is 14.3 Å². The van der Waals surface area contributed by atoms with Crippen molar-refractivity contribution in [3.05, 3.63) is 48.2 Å². The lowest BCUT2D eigenvalue weighted by atomic mass is 10.1. The van der Waals surface area contributed by atoms with Crippen molar-refractivity contribution in [2.24, 2.45) is 0 Å². The first kappa shape index (κ1) is 15.2. The van der Waals surface area contributed by atoms with Crippen LogP contribution in [0.3, 0.4) is 0 Å².